The Bertz CT molecular complexity index is 494. The Morgan fingerprint density at radius 3 is 2.95 bits per heavy atom. The van der Waals surface area contributed by atoms with Gasteiger partial charge in [-0.3, -0.25) is 4.79 Å². The maximum Gasteiger partial charge on any atom is 0.244 e. The number of amides is 1. The highest BCUT2D eigenvalue weighted by molar-refractivity contribution is 6.30. The number of hydrogen-bond acceptors (Lipinski definition) is 2. The molecule has 0 aromatic heterocycles. The number of carbonyl (C=O) groups excluding carboxylic acids is 1. The number of rotatable bonds is 2. The third-order valence-electron chi connectivity index (χ3n) is 3.66. The summed E-state index contributed by atoms with van der Waals surface area (Å²) in [5.74, 6) is -0.451. The van der Waals surface area contributed by atoms with Crippen LogP contribution in [-0.2, 0) is 4.79 Å². The minimum atomic E-state index is -0.899. The van der Waals surface area contributed by atoms with E-state index in [1.165, 1.54) is 18.2 Å². The van der Waals surface area contributed by atoms with Crippen LogP contribution >= 0.6 is 11.6 Å². The minimum Gasteiger partial charge on any atom is -0.322 e. The number of benzene rings is 1. The zero-order valence-electron chi connectivity index (χ0n) is 10.9. The topological polar surface area (TPSA) is 55.1 Å². The van der Waals surface area contributed by atoms with Crippen LogP contribution in [0.4, 0.5) is 10.1 Å². The van der Waals surface area contributed by atoms with Gasteiger partial charge in [0.25, 0.3) is 0 Å². The van der Waals surface area contributed by atoms with Gasteiger partial charge in [0.05, 0.1) is 11.2 Å². The fourth-order valence-electron chi connectivity index (χ4n) is 2.64. The van der Waals surface area contributed by atoms with E-state index in [1.807, 2.05) is 0 Å². The normalized spacial score (nSPS) is 27.1. The van der Waals surface area contributed by atoms with Gasteiger partial charge in [0, 0.05) is 5.02 Å². The Labute approximate surface area is 117 Å². The first-order valence-corrected chi connectivity index (χ1v) is 6.84. The van der Waals surface area contributed by atoms with Gasteiger partial charge < -0.3 is 11.1 Å². The number of anilines is 1. The quantitative estimate of drug-likeness (QED) is 0.875. The number of nitrogens with two attached hydrogens (primary N) is 1. The fourth-order valence-corrected chi connectivity index (χ4v) is 2.79. The lowest BCUT2D eigenvalue weighted by Gasteiger charge is -2.35. The van der Waals surface area contributed by atoms with Crippen molar-refractivity contribution in [3.63, 3.8) is 0 Å². The Morgan fingerprint density at radius 1 is 1.58 bits per heavy atom. The first kappa shape index (κ1) is 14.3. The van der Waals surface area contributed by atoms with E-state index in [1.54, 1.807) is 0 Å². The average Bonchev–Trinajstić information content (AvgIpc) is 2.32. The number of nitrogens with one attached hydrogen (secondary N) is 1. The van der Waals surface area contributed by atoms with E-state index < -0.39 is 11.4 Å². The SMILES string of the molecule is CC1CCCC(N)(C(=O)Nc2ccc(Cl)cc2F)C1. The molecule has 2 rings (SSSR count). The van der Waals surface area contributed by atoms with Crippen LogP contribution in [0, 0.1) is 11.7 Å². The standard InChI is InChI=1S/C14H18ClFN2O/c1-9-3-2-6-14(17,8-9)13(19)18-12-5-4-10(15)7-11(12)16/h4-5,7,9H,2-3,6,8,17H2,1H3,(H,18,19). The fraction of sp³-hybridized carbons (Fsp3) is 0.500. The summed E-state index contributed by atoms with van der Waals surface area (Å²) >= 11 is 5.67. The maximum atomic E-state index is 13.6. The van der Waals surface area contributed by atoms with Crippen LogP contribution in [0.5, 0.6) is 0 Å². The molecule has 0 spiro atoms. The molecule has 0 saturated heterocycles. The Hall–Kier alpha value is -1.13. The van der Waals surface area contributed by atoms with Crippen molar-refractivity contribution in [3.05, 3.63) is 29.0 Å². The van der Waals surface area contributed by atoms with Crippen molar-refractivity contribution in [1.29, 1.82) is 0 Å². The first-order valence-electron chi connectivity index (χ1n) is 6.46. The van der Waals surface area contributed by atoms with Gasteiger partial charge in [-0.2, -0.15) is 0 Å². The van der Waals surface area contributed by atoms with Crippen molar-refractivity contribution in [2.75, 3.05) is 5.32 Å². The minimum absolute atomic E-state index is 0.123. The largest absolute Gasteiger partial charge is 0.322 e. The van der Waals surface area contributed by atoms with Crippen LogP contribution in [0.25, 0.3) is 0 Å². The van der Waals surface area contributed by atoms with Crippen LogP contribution in [0.1, 0.15) is 32.6 Å². The van der Waals surface area contributed by atoms with E-state index in [-0.39, 0.29) is 11.6 Å². The monoisotopic (exact) mass is 284 g/mol. The zero-order chi connectivity index (χ0) is 14.0. The molecule has 0 aliphatic heterocycles. The summed E-state index contributed by atoms with van der Waals surface area (Å²) in [4.78, 5) is 12.2. The average molecular weight is 285 g/mol. The summed E-state index contributed by atoms with van der Waals surface area (Å²) in [7, 11) is 0. The molecule has 0 bridgehead atoms. The van der Waals surface area contributed by atoms with Gasteiger partial charge in [-0.15, -0.1) is 0 Å². The summed E-state index contributed by atoms with van der Waals surface area (Å²) in [5.41, 5.74) is 5.38. The van der Waals surface area contributed by atoms with Crippen LogP contribution in [-0.4, -0.2) is 11.4 Å². The molecule has 0 radical (unpaired) electrons. The molecule has 19 heavy (non-hydrogen) atoms. The van der Waals surface area contributed by atoms with Gasteiger partial charge in [0.2, 0.25) is 5.91 Å². The molecular weight excluding hydrogens is 267 g/mol. The van der Waals surface area contributed by atoms with Gasteiger partial charge in [-0.05, 0) is 37.0 Å². The first-order chi connectivity index (χ1) is 8.90. The molecule has 3 N–H and O–H groups in total. The van der Waals surface area contributed by atoms with Crippen LogP contribution in [0.3, 0.4) is 0 Å². The van der Waals surface area contributed by atoms with Crippen molar-refractivity contribution < 1.29 is 9.18 Å². The zero-order valence-corrected chi connectivity index (χ0v) is 11.6. The highest BCUT2D eigenvalue weighted by Crippen LogP contribution is 2.31. The predicted molar refractivity (Wildman–Crippen MR) is 74.6 cm³/mol. The van der Waals surface area contributed by atoms with Gasteiger partial charge in [0.1, 0.15) is 5.82 Å². The van der Waals surface area contributed by atoms with E-state index in [4.69, 9.17) is 17.3 Å². The van der Waals surface area contributed by atoms with E-state index in [0.717, 1.165) is 12.8 Å². The molecule has 104 valence electrons. The molecule has 3 nitrogen and oxygen atoms in total. The third kappa shape index (κ3) is 3.25. The number of carbonyl (C=O) groups is 1. The Balaban J connectivity index is 2.12. The van der Waals surface area contributed by atoms with Crippen molar-refractivity contribution in [3.8, 4) is 0 Å². The highest BCUT2D eigenvalue weighted by Gasteiger charge is 2.38. The Morgan fingerprint density at radius 2 is 2.32 bits per heavy atom. The van der Waals surface area contributed by atoms with Crippen LogP contribution in [0.2, 0.25) is 5.02 Å². The lowest BCUT2D eigenvalue weighted by Crippen LogP contribution is -2.53. The lowest BCUT2D eigenvalue weighted by molar-refractivity contribution is -0.122. The van der Waals surface area contributed by atoms with Crippen molar-refractivity contribution in [2.24, 2.45) is 11.7 Å². The summed E-state index contributed by atoms with van der Waals surface area (Å²) in [6, 6.07) is 4.15. The molecule has 5 heteroatoms. The van der Waals surface area contributed by atoms with Gasteiger partial charge in [-0.1, -0.05) is 31.4 Å². The van der Waals surface area contributed by atoms with Crippen molar-refractivity contribution in [1.82, 2.24) is 0 Å². The molecule has 2 atom stereocenters. The Kier molecular flexibility index (Phi) is 4.11. The van der Waals surface area contributed by atoms with E-state index in [9.17, 15) is 9.18 Å². The molecule has 2 unspecified atom stereocenters. The van der Waals surface area contributed by atoms with Gasteiger partial charge >= 0.3 is 0 Å². The summed E-state index contributed by atoms with van der Waals surface area (Å²) in [6.07, 6.45) is 3.28. The van der Waals surface area contributed by atoms with E-state index >= 15 is 0 Å². The van der Waals surface area contributed by atoms with E-state index in [0.29, 0.717) is 23.8 Å². The third-order valence-corrected chi connectivity index (χ3v) is 3.90. The second-order valence-corrected chi connectivity index (χ2v) is 5.87. The van der Waals surface area contributed by atoms with E-state index in [2.05, 4.69) is 12.2 Å². The van der Waals surface area contributed by atoms with Gasteiger partial charge in [-0.25, -0.2) is 4.39 Å². The van der Waals surface area contributed by atoms with Crippen LogP contribution < -0.4 is 11.1 Å². The summed E-state index contributed by atoms with van der Waals surface area (Å²) < 4.78 is 13.6. The van der Waals surface area contributed by atoms with Crippen molar-refractivity contribution in [2.45, 2.75) is 38.1 Å². The van der Waals surface area contributed by atoms with Gasteiger partial charge in [0.15, 0.2) is 0 Å². The van der Waals surface area contributed by atoms with Crippen molar-refractivity contribution >= 4 is 23.2 Å². The molecule has 1 aromatic carbocycles. The second kappa shape index (κ2) is 5.47. The number of halogens is 2. The second-order valence-electron chi connectivity index (χ2n) is 5.44. The molecule has 1 aliphatic rings. The molecule has 1 aliphatic carbocycles. The lowest BCUT2D eigenvalue weighted by atomic mass is 9.76. The molecule has 0 heterocycles. The molecule has 1 aromatic rings. The summed E-state index contributed by atoms with van der Waals surface area (Å²) in [6.45, 7) is 2.08. The molecular formula is C14H18ClFN2O. The highest BCUT2D eigenvalue weighted by atomic mass is 35.5. The predicted octanol–water partition coefficient (Wildman–Crippen LogP) is 3.33. The molecule has 1 saturated carbocycles. The summed E-state index contributed by atoms with van der Waals surface area (Å²) in [5, 5.41) is 2.87. The maximum absolute atomic E-state index is 13.6. The van der Waals surface area contributed by atoms with Crippen LogP contribution in [0.15, 0.2) is 18.2 Å². The molecule has 1 fully saturated rings. The number of hydrogen-bond donors (Lipinski definition) is 2. The smallest absolute Gasteiger partial charge is 0.244 e. The molecule has 1 amide bonds.